The van der Waals surface area contributed by atoms with Crippen molar-refractivity contribution in [2.45, 2.75) is 65.1 Å². The molecule has 1 aliphatic heterocycles. The molecule has 3 heteroatoms. The monoisotopic (exact) mass is 316 g/mol. The van der Waals surface area contributed by atoms with Crippen molar-refractivity contribution in [1.29, 1.82) is 0 Å². The van der Waals surface area contributed by atoms with Crippen molar-refractivity contribution in [2.75, 3.05) is 24.7 Å². The minimum Gasteiger partial charge on any atom is -0.358 e. The molecular formula is C20H32N2O. The van der Waals surface area contributed by atoms with E-state index >= 15 is 0 Å². The van der Waals surface area contributed by atoms with Crippen LogP contribution in [0.15, 0.2) is 30.3 Å². The SMILES string of the molecule is CCOC1N(c2ccccc2)CN(C2CCCCC2)CC1(C)C. The highest BCUT2D eigenvalue weighted by Crippen LogP contribution is 2.37. The van der Waals surface area contributed by atoms with Crippen LogP contribution in [0.4, 0.5) is 5.69 Å². The van der Waals surface area contributed by atoms with Crippen molar-refractivity contribution in [3.05, 3.63) is 30.3 Å². The molecule has 2 aliphatic rings. The minimum atomic E-state index is 0.127. The smallest absolute Gasteiger partial charge is 0.137 e. The first kappa shape index (κ1) is 16.8. The Morgan fingerprint density at radius 3 is 2.43 bits per heavy atom. The zero-order valence-corrected chi connectivity index (χ0v) is 15.0. The molecule has 1 saturated heterocycles. The molecule has 128 valence electrons. The molecule has 0 amide bonds. The largest absolute Gasteiger partial charge is 0.358 e. The van der Waals surface area contributed by atoms with E-state index < -0.39 is 0 Å². The van der Waals surface area contributed by atoms with E-state index in [0.717, 1.165) is 25.9 Å². The van der Waals surface area contributed by atoms with Gasteiger partial charge < -0.3 is 9.64 Å². The lowest BCUT2D eigenvalue weighted by Crippen LogP contribution is -2.63. The molecule has 1 saturated carbocycles. The summed E-state index contributed by atoms with van der Waals surface area (Å²) in [5.41, 5.74) is 1.40. The second-order valence-electron chi connectivity index (χ2n) is 7.78. The maximum Gasteiger partial charge on any atom is 0.137 e. The van der Waals surface area contributed by atoms with E-state index in [0.29, 0.717) is 0 Å². The molecule has 1 heterocycles. The summed E-state index contributed by atoms with van der Waals surface area (Å²) in [4.78, 5) is 5.18. The quantitative estimate of drug-likeness (QED) is 0.814. The zero-order chi connectivity index (χ0) is 16.3. The average Bonchev–Trinajstić information content (AvgIpc) is 2.58. The van der Waals surface area contributed by atoms with E-state index in [4.69, 9.17) is 4.74 Å². The third-order valence-corrected chi connectivity index (χ3v) is 5.40. The van der Waals surface area contributed by atoms with Crippen LogP contribution in [-0.2, 0) is 4.74 Å². The highest BCUT2D eigenvalue weighted by Gasteiger charge is 2.43. The fourth-order valence-corrected chi connectivity index (χ4v) is 4.34. The lowest BCUT2D eigenvalue weighted by molar-refractivity contribution is -0.0779. The van der Waals surface area contributed by atoms with Crippen LogP contribution in [0, 0.1) is 5.41 Å². The summed E-state index contributed by atoms with van der Waals surface area (Å²) in [6.45, 7) is 9.71. The molecule has 1 atom stereocenters. The molecule has 1 aliphatic carbocycles. The van der Waals surface area contributed by atoms with Crippen molar-refractivity contribution in [3.8, 4) is 0 Å². The Morgan fingerprint density at radius 2 is 1.78 bits per heavy atom. The molecule has 1 unspecified atom stereocenters. The Bertz CT molecular complexity index is 482. The predicted octanol–water partition coefficient (Wildman–Crippen LogP) is 4.49. The number of hydrogen-bond acceptors (Lipinski definition) is 3. The maximum atomic E-state index is 6.20. The molecule has 23 heavy (non-hydrogen) atoms. The van der Waals surface area contributed by atoms with Crippen molar-refractivity contribution in [2.24, 2.45) is 5.41 Å². The number of ether oxygens (including phenoxy) is 1. The summed E-state index contributed by atoms with van der Waals surface area (Å²) < 4.78 is 6.20. The van der Waals surface area contributed by atoms with Gasteiger partial charge in [-0.25, -0.2) is 0 Å². The molecule has 0 aromatic heterocycles. The molecule has 0 spiro atoms. The second kappa shape index (κ2) is 7.23. The summed E-state index contributed by atoms with van der Waals surface area (Å²) in [6, 6.07) is 11.5. The number of anilines is 1. The molecule has 0 N–H and O–H groups in total. The highest BCUT2D eigenvalue weighted by molar-refractivity contribution is 5.47. The summed E-state index contributed by atoms with van der Waals surface area (Å²) in [6.07, 6.45) is 7.06. The van der Waals surface area contributed by atoms with E-state index in [1.807, 2.05) is 0 Å². The second-order valence-corrected chi connectivity index (χ2v) is 7.78. The van der Waals surface area contributed by atoms with E-state index in [1.165, 1.54) is 37.8 Å². The first-order chi connectivity index (χ1) is 11.1. The third-order valence-electron chi connectivity index (χ3n) is 5.40. The molecule has 1 aromatic carbocycles. The highest BCUT2D eigenvalue weighted by atomic mass is 16.5. The van der Waals surface area contributed by atoms with Gasteiger partial charge in [-0.2, -0.15) is 0 Å². The van der Waals surface area contributed by atoms with Gasteiger partial charge in [0.2, 0.25) is 0 Å². The summed E-state index contributed by atoms with van der Waals surface area (Å²) in [5, 5.41) is 0. The summed E-state index contributed by atoms with van der Waals surface area (Å²) >= 11 is 0. The molecule has 0 radical (unpaired) electrons. The lowest BCUT2D eigenvalue weighted by Gasteiger charge is -2.53. The number of hydrogen-bond donors (Lipinski definition) is 0. The van der Waals surface area contributed by atoms with Gasteiger partial charge in [0.1, 0.15) is 6.23 Å². The molecule has 3 rings (SSSR count). The molecule has 3 nitrogen and oxygen atoms in total. The van der Waals surface area contributed by atoms with Crippen LogP contribution >= 0.6 is 0 Å². The Hall–Kier alpha value is -1.06. The molecule has 1 aromatic rings. The Kier molecular flexibility index (Phi) is 5.27. The van der Waals surface area contributed by atoms with Gasteiger partial charge >= 0.3 is 0 Å². The first-order valence-electron chi connectivity index (χ1n) is 9.29. The third kappa shape index (κ3) is 3.72. The van der Waals surface area contributed by atoms with Crippen molar-refractivity contribution in [3.63, 3.8) is 0 Å². The van der Waals surface area contributed by atoms with Crippen LogP contribution < -0.4 is 4.90 Å². The number of benzene rings is 1. The van der Waals surface area contributed by atoms with Crippen molar-refractivity contribution in [1.82, 2.24) is 4.90 Å². The average molecular weight is 316 g/mol. The zero-order valence-electron chi connectivity index (χ0n) is 15.0. The standard InChI is InChI=1S/C20H32N2O/c1-4-23-19-20(2,3)15-21(17-11-7-5-8-12-17)16-22(19)18-13-9-6-10-14-18/h6,9-10,13-14,17,19H,4-5,7-8,11-12,15-16H2,1-3H3. The maximum absolute atomic E-state index is 6.20. The van der Waals surface area contributed by atoms with Gasteiger partial charge in [-0.05, 0) is 31.9 Å². The van der Waals surface area contributed by atoms with Crippen molar-refractivity contribution < 1.29 is 4.74 Å². The van der Waals surface area contributed by atoms with Gasteiger partial charge in [0.05, 0.1) is 6.67 Å². The van der Waals surface area contributed by atoms with Crippen LogP contribution in [0.1, 0.15) is 52.9 Å². The Morgan fingerprint density at radius 1 is 1.09 bits per heavy atom. The molecular weight excluding hydrogens is 284 g/mol. The van der Waals surface area contributed by atoms with Gasteiger partial charge in [0.25, 0.3) is 0 Å². The number of rotatable bonds is 4. The van der Waals surface area contributed by atoms with E-state index in [1.54, 1.807) is 0 Å². The van der Waals surface area contributed by atoms with Gasteiger partial charge in [0, 0.05) is 30.3 Å². The minimum absolute atomic E-state index is 0.127. The van der Waals surface area contributed by atoms with Crippen LogP contribution in [0.2, 0.25) is 0 Å². The fraction of sp³-hybridized carbons (Fsp3) is 0.700. The topological polar surface area (TPSA) is 15.7 Å². The van der Waals surface area contributed by atoms with Gasteiger partial charge in [0.15, 0.2) is 0 Å². The van der Waals surface area contributed by atoms with E-state index in [-0.39, 0.29) is 11.6 Å². The van der Waals surface area contributed by atoms with Gasteiger partial charge in [-0.1, -0.05) is 51.3 Å². The van der Waals surface area contributed by atoms with E-state index in [9.17, 15) is 0 Å². The molecule has 2 fully saturated rings. The van der Waals surface area contributed by atoms with Crippen LogP contribution in [0.5, 0.6) is 0 Å². The normalized spacial score (nSPS) is 26.4. The predicted molar refractivity (Wildman–Crippen MR) is 96.6 cm³/mol. The van der Waals surface area contributed by atoms with Crippen LogP contribution in [-0.4, -0.2) is 37.0 Å². The van der Waals surface area contributed by atoms with Crippen molar-refractivity contribution >= 4 is 5.69 Å². The van der Waals surface area contributed by atoms with E-state index in [2.05, 4.69) is 60.9 Å². The van der Waals surface area contributed by atoms with Gasteiger partial charge in [-0.3, -0.25) is 4.90 Å². The summed E-state index contributed by atoms with van der Waals surface area (Å²) in [5.74, 6) is 0. The van der Waals surface area contributed by atoms with Crippen LogP contribution in [0.3, 0.4) is 0 Å². The lowest BCUT2D eigenvalue weighted by atomic mass is 9.85. The Balaban J connectivity index is 1.85. The van der Waals surface area contributed by atoms with Crippen LogP contribution in [0.25, 0.3) is 0 Å². The molecule has 0 bridgehead atoms. The number of nitrogens with zero attached hydrogens (tertiary/aromatic N) is 2. The van der Waals surface area contributed by atoms with Gasteiger partial charge in [-0.15, -0.1) is 0 Å². The Labute approximate surface area is 141 Å². The number of para-hydroxylation sites is 1. The first-order valence-corrected chi connectivity index (χ1v) is 9.29. The fourth-order valence-electron chi connectivity index (χ4n) is 4.34. The summed E-state index contributed by atoms with van der Waals surface area (Å²) in [7, 11) is 0.